The van der Waals surface area contributed by atoms with E-state index >= 15 is 0 Å². The zero-order chi connectivity index (χ0) is 19.7. The van der Waals surface area contributed by atoms with Crippen LogP contribution in [-0.2, 0) is 40.6 Å². The van der Waals surface area contributed by atoms with Gasteiger partial charge in [0.1, 0.15) is 4.21 Å². The molecule has 4 rings (SSSR count). The Morgan fingerprint density at radius 3 is 2.68 bits per heavy atom. The zero-order valence-corrected chi connectivity index (χ0v) is 16.7. The molecule has 2 heterocycles. The van der Waals surface area contributed by atoms with Gasteiger partial charge in [0.25, 0.3) is 0 Å². The molecule has 0 unspecified atom stereocenters. The standard InChI is InChI=1S/C19H20N4O3S2/c20-28(25,26)19-10-9-14(27-19)11-18(24)21-12-16-15-7-4-8-17(15)23(22-16)13-5-2-1-3-6-13/h1-3,5-6,9-10H,4,7-8,11-12H2,(H,21,24)(H2,20,25,26). The fraction of sp³-hybridized carbons (Fsp3) is 0.263. The summed E-state index contributed by atoms with van der Waals surface area (Å²) in [5, 5.41) is 12.7. The van der Waals surface area contributed by atoms with Crippen LogP contribution < -0.4 is 10.5 Å². The molecule has 3 N–H and O–H groups in total. The van der Waals surface area contributed by atoms with Gasteiger partial charge in [-0.15, -0.1) is 11.3 Å². The van der Waals surface area contributed by atoms with Crippen molar-refractivity contribution in [2.75, 3.05) is 0 Å². The van der Waals surface area contributed by atoms with Crippen LogP contribution in [0.1, 0.15) is 28.2 Å². The van der Waals surface area contributed by atoms with E-state index in [9.17, 15) is 13.2 Å². The van der Waals surface area contributed by atoms with Gasteiger partial charge < -0.3 is 5.32 Å². The molecule has 0 saturated carbocycles. The summed E-state index contributed by atoms with van der Waals surface area (Å²) in [6.07, 6.45) is 3.15. The van der Waals surface area contributed by atoms with Crippen LogP contribution >= 0.6 is 11.3 Å². The van der Waals surface area contributed by atoms with Crippen LogP contribution in [0.3, 0.4) is 0 Å². The highest BCUT2D eigenvalue weighted by atomic mass is 32.2. The zero-order valence-electron chi connectivity index (χ0n) is 15.1. The molecule has 2 aromatic heterocycles. The van der Waals surface area contributed by atoms with E-state index in [0.29, 0.717) is 11.4 Å². The van der Waals surface area contributed by atoms with Crippen LogP contribution in [-0.4, -0.2) is 24.1 Å². The Hall–Kier alpha value is -2.49. The van der Waals surface area contributed by atoms with Crippen molar-refractivity contribution in [3.05, 3.63) is 64.3 Å². The summed E-state index contributed by atoms with van der Waals surface area (Å²) in [5.74, 6) is -0.177. The maximum atomic E-state index is 12.3. The number of carbonyl (C=O) groups excluding carboxylic acids is 1. The first kappa shape index (κ1) is 18.9. The predicted molar refractivity (Wildman–Crippen MR) is 107 cm³/mol. The van der Waals surface area contributed by atoms with E-state index in [0.717, 1.165) is 42.0 Å². The fourth-order valence-electron chi connectivity index (χ4n) is 3.45. The van der Waals surface area contributed by atoms with E-state index in [2.05, 4.69) is 5.32 Å². The molecule has 7 nitrogen and oxygen atoms in total. The Labute approximate surface area is 167 Å². The number of para-hydroxylation sites is 1. The molecule has 0 atom stereocenters. The summed E-state index contributed by atoms with van der Waals surface area (Å²) < 4.78 is 24.7. The largest absolute Gasteiger partial charge is 0.350 e. The van der Waals surface area contributed by atoms with Gasteiger partial charge in [0.05, 0.1) is 24.3 Å². The number of rotatable bonds is 6. The van der Waals surface area contributed by atoms with Crippen molar-refractivity contribution in [3.8, 4) is 5.69 Å². The lowest BCUT2D eigenvalue weighted by atomic mass is 10.2. The SMILES string of the molecule is NS(=O)(=O)c1ccc(CC(=O)NCc2nn(-c3ccccc3)c3c2CCC3)s1. The summed E-state index contributed by atoms with van der Waals surface area (Å²) in [4.78, 5) is 13.0. The molecule has 0 aliphatic heterocycles. The van der Waals surface area contributed by atoms with E-state index in [4.69, 9.17) is 10.2 Å². The second-order valence-electron chi connectivity index (χ2n) is 6.69. The molecule has 0 bridgehead atoms. The Morgan fingerprint density at radius 2 is 1.96 bits per heavy atom. The normalized spacial score (nSPS) is 13.5. The van der Waals surface area contributed by atoms with Gasteiger partial charge in [-0.05, 0) is 49.1 Å². The van der Waals surface area contributed by atoms with E-state index < -0.39 is 10.0 Å². The van der Waals surface area contributed by atoms with E-state index in [1.807, 2.05) is 35.0 Å². The van der Waals surface area contributed by atoms with Gasteiger partial charge in [-0.1, -0.05) is 18.2 Å². The molecule has 1 aliphatic rings. The van der Waals surface area contributed by atoms with Gasteiger partial charge in [0.2, 0.25) is 15.9 Å². The lowest BCUT2D eigenvalue weighted by molar-refractivity contribution is -0.120. The first-order chi connectivity index (χ1) is 13.4. The third kappa shape index (κ3) is 3.87. The van der Waals surface area contributed by atoms with Gasteiger partial charge in [-0.3, -0.25) is 4.79 Å². The first-order valence-corrected chi connectivity index (χ1v) is 11.3. The quantitative estimate of drug-likeness (QED) is 0.640. The highest BCUT2D eigenvalue weighted by Gasteiger charge is 2.23. The number of carbonyl (C=O) groups is 1. The lowest BCUT2D eigenvalue weighted by Gasteiger charge is -2.05. The maximum Gasteiger partial charge on any atom is 0.247 e. The van der Waals surface area contributed by atoms with Crippen molar-refractivity contribution in [1.29, 1.82) is 0 Å². The van der Waals surface area contributed by atoms with Gasteiger partial charge in [-0.25, -0.2) is 18.2 Å². The number of amides is 1. The van der Waals surface area contributed by atoms with Crippen LogP contribution in [0.2, 0.25) is 0 Å². The van der Waals surface area contributed by atoms with Crippen molar-refractivity contribution in [3.63, 3.8) is 0 Å². The highest BCUT2D eigenvalue weighted by Crippen LogP contribution is 2.27. The monoisotopic (exact) mass is 416 g/mol. The topological polar surface area (TPSA) is 107 Å². The first-order valence-electron chi connectivity index (χ1n) is 8.95. The number of hydrogen-bond donors (Lipinski definition) is 2. The van der Waals surface area contributed by atoms with E-state index in [-0.39, 0.29) is 16.5 Å². The number of nitrogens with two attached hydrogens (primary N) is 1. The van der Waals surface area contributed by atoms with Crippen LogP contribution in [0.15, 0.2) is 46.7 Å². The Kier molecular flexibility index (Phi) is 5.05. The summed E-state index contributed by atoms with van der Waals surface area (Å²) in [6, 6.07) is 13.0. The minimum absolute atomic E-state index is 0.0646. The van der Waals surface area contributed by atoms with E-state index in [1.54, 1.807) is 6.07 Å². The third-order valence-electron chi connectivity index (χ3n) is 4.72. The smallest absolute Gasteiger partial charge is 0.247 e. The lowest BCUT2D eigenvalue weighted by Crippen LogP contribution is -2.25. The number of nitrogens with zero attached hydrogens (tertiary/aromatic N) is 2. The van der Waals surface area contributed by atoms with Crippen LogP contribution in [0.25, 0.3) is 5.69 Å². The minimum atomic E-state index is -3.73. The molecule has 9 heteroatoms. The molecule has 3 aromatic rings. The number of aromatic nitrogens is 2. The summed E-state index contributed by atoms with van der Waals surface area (Å²) >= 11 is 1.02. The fourth-order valence-corrected chi connectivity index (χ4v) is 5.23. The van der Waals surface area contributed by atoms with Crippen molar-refractivity contribution in [1.82, 2.24) is 15.1 Å². The van der Waals surface area contributed by atoms with Gasteiger partial charge in [0, 0.05) is 10.6 Å². The van der Waals surface area contributed by atoms with E-state index in [1.165, 1.54) is 17.3 Å². The summed E-state index contributed by atoms with van der Waals surface area (Å²) in [7, 11) is -3.73. The summed E-state index contributed by atoms with van der Waals surface area (Å²) in [6.45, 7) is 0.356. The molecule has 0 saturated heterocycles. The minimum Gasteiger partial charge on any atom is -0.350 e. The molecule has 0 spiro atoms. The van der Waals surface area contributed by atoms with Crippen molar-refractivity contribution in [2.45, 2.75) is 36.4 Å². The molecule has 1 aromatic carbocycles. The molecule has 28 heavy (non-hydrogen) atoms. The molecule has 0 radical (unpaired) electrons. The molecular weight excluding hydrogens is 396 g/mol. The molecular formula is C19H20N4O3S2. The van der Waals surface area contributed by atoms with Crippen molar-refractivity contribution >= 4 is 27.3 Å². The number of hydrogen-bond acceptors (Lipinski definition) is 5. The third-order valence-corrected chi connectivity index (χ3v) is 7.24. The average molecular weight is 417 g/mol. The molecule has 0 fully saturated rings. The average Bonchev–Trinajstić information content (AvgIpc) is 3.37. The van der Waals surface area contributed by atoms with Gasteiger partial charge in [0.15, 0.2) is 0 Å². The van der Waals surface area contributed by atoms with Crippen molar-refractivity contribution in [2.24, 2.45) is 5.14 Å². The predicted octanol–water partition coefficient (Wildman–Crippen LogP) is 1.93. The number of primary sulfonamides is 1. The Balaban J connectivity index is 1.45. The van der Waals surface area contributed by atoms with Crippen LogP contribution in [0.5, 0.6) is 0 Å². The van der Waals surface area contributed by atoms with Crippen molar-refractivity contribution < 1.29 is 13.2 Å². The molecule has 1 aliphatic carbocycles. The number of fused-ring (bicyclic) bond motifs is 1. The summed E-state index contributed by atoms with van der Waals surface area (Å²) in [5.41, 5.74) is 4.34. The van der Waals surface area contributed by atoms with Gasteiger partial charge in [-0.2, -0.15) is 5.10 Å². The molecule has 146 valence electrons. The highest BCUT2D eigenvalue weighted by molar-refractivity contribution is 7.91. The van der Waals surface area contributed by atoms with Gasteiger partial charge >= 0.3 is 0 Å². The maximum absolute atomic E-state index is 12.3. The van der Waals surface area contributed by atoms with Crippen LogP contribution in [0.4, 0.5) is 0 Å². The number of benzene rings is 1. The second kappa shape index (κ2) is 7.50. The number of nitrogens with one attached hydrogen (secondary N) is 1. The molecule has 1 amide bonds. The Morgan fingerprint density at radius 1 is 1.18 bits per heavy atom. The Bertz CT molecular complexity index is 1120. The second-order valence-corrected chi connectivity index (χ2v) is 9.65. The number of thiophene rings is 1. The van der Waals surface area contributed by atoms with Crippen LogP contribution in [0, 0.1) is 0 Å². The number of sulfonamides is 1.